The van der Waals surface area contributed by atoms with Gasteiger partial charge in [0.2, 0.25) is 35.4 Å². The van der Waals surface area contributed by atoms with Gasteiger partial charge in [-0.2, -0.15) is 80.9 Å². The highest BCUT2D eigenvalue weighted by Crippen LogP contribution is 2.38. The number of nitrogens with zero attached hydrogens (tertiary/aromatic N) is 15. The predicted octanol–water partition coefficient (Wildman–Crippen LogP) is -4.68. The Morgan fingerprint density at radius 2 is 0.606 bits per heavy atom. The molecule has 12 heterocycles. The van der Waals surface area contributed by atoms with Crippen LogP contribution in [0.1, 0.15) is 172 Å². The molecule has 12 aliphatic heterocycles. The third-order valence-corrected chi connectivity index (χ3v) is 25.8. The van der Waals surface area contributed by atoms with Crippen molar-refractivity contribution in [3.8, 4) is 0 Å². The summed E-state index contributed by atoms with van der Waals surface area (Å²) in [7, 11) is -25.5. The molecule has 804 valence electrons. The molecule has 12 bridgehead atoms. The van der Waals surface area contributed by atoms with E-state index in [1.54, 1.807) is 67.5 Å². The maximum absolute atomic E-state index is 12.4. The number of rotatable bonds is 35. The number of amides is 20. The number of hydrogen-bond donors (Lipinski definition) is 12. The summed E-state index contributed by atoms with van der Waals surface area (Å²) in [6.45, 7) is 17.9. The topological polar surface area (TPSA) is 810 Å². The summed E-state index contributed by atoms with van der Waals surface area (Å²) in [6, 6.07) is -13.1. The molecule has 13 atom stereocenters. The molecular weight excluding hydrogens is 2040 g/mol. The number of nitrogens with one attached hydrogen (secondary N) is 6. The summed E-state index contributed by atoms with van der Waals surface area (Å²) in [6.07, 6.45) is 5.75. The summed E-state index contributed by atoms with van der Waals surface area (Å²) in [4.78, 5) is 225. The Bertz CT molecular complexity index is 5490. The Balaban J connectivity index is 0.000000231. The molecule has 142 heavy (non-hydrogen) atoms. The number of likely N-dealkylation sites (N-methyl/N-ethyl adjacent to an activating group) is 1. The van der Waals surface area contributed by atoms with Crippen molar-refractivity contribution < 1.29 is 190 Å². The maximum Gasteiger partial charge on any atom is 0.418 e. The largest absolute Gasteiger partial charge is 0.418 e. The number of carbonyl (C=O) groups excluding carboxylic acids is 18. The van der Waals surface area contributed by atoms with Crippen LogP contribution in [0.25, 0.3) is 0 Å². The van der Waals surface area contributed by atoms with Crippen LogP contribution in [0.2, 0.25) is 0 Å². The van der Waals surface area contributed by atoms with E-state index < -0.39 is 212 Å². The molecule has 69 heteroatoms. The Morgan fingerprint density at radius 3 is 0.824 bits per heavy atom. The quantitative estimate of drug-likeness (QED) is 0.0210. The Hall–Kier alpha value is -10.8. The van der Waals surface area contributed by atoms with Crippen LogP contribution in [-0.2, 0) is 146 Å². The molecule has 1 unspecified atom stereocenters. The third kappa shape index (κ3) is 32.9. The monoisotopic (exact) mass is 2150 g/mol. The maximum atomic E-state index is 12.4. The number of ketones is 4. The highest BCUT2D eigenvalue weighted by molar-refractivity contribution is 7.82. The molecule has 12 saturated heterocycles. The number of hydrazine groups is 2. The van der Waals surface area contributed by atoms with Gasteiger partial charge in [0.25, 0.3) is 11.8 Å². The van der Waals surface area contributed by atoms with E-state index in [0.717, 1.165) is 9.91 Å². The first-order valence-corrected chi connectivity index (χ1v) is 52.5. The van der Waals surface area contributed by atoms with Crippen LogP contribution in [0, 0.1) is 11.3 Å². The molecule has 20 amide bonds. The number of Topliss-reactive ketones (excluding diaryl/α,β-unsaturated/α-hetero) is 4. The molecule has 0 radical (unpaired) electrons. The SMILES string of the molecule is CC(C)(C)C(=O)CNC(=O)[C@@H]1CC[C@@H]2CN1C(=O)N2OS(=O)(=O)O.CCC(=O)N(CC)NC(=O)[C@@H]1CC[C@@H]2CN1C(=O)N2OS(=O)(=O)O.CCC(C)C(=O)CNC(=O)[C@@H]1CC[C@@H]2CN1C(=O)N2OS(=O)(=O)O.CCCC(=O)CNC(=O)[C@@H]1CC[C@@H]2CN1C(=O)N2OS(=O)(=O)O.CCN(NC(=O)[C@@H]1CC[C@@H]2CN1C(=O)N2OS(=O)(=O)O)C(C)=O.CN(C)CC(=O)CNC(=O)[C@@H]1CC[C@@H]2CN1C(=O)N2OS(=O)(=O)O. The van der Waals surface area contributed by atoms with Crippen LogP contribution < -0.4 is 32.1 Å². The van der Waals surface area contributed by atoms with Gasteiger partial charge in [0.15, 0.2) is 23.1 Å². The number of urea groups is 6. The lowest BCUT2D eigenvalue weighted by molar-refractivity contribution is -0.143. The lowest BCUT2D eigenvalue weighted by atomic mass is 9.91. The number of fused-ring (bicyclic) bond motifs is 12. The summed E-state index contributed by atoms with van der Waals surface area (Å²) < 4.78 is 208. The molecule has 63 nitrogen and oxygen atoms in total. The lowest BCUT2D eigenvalue weighted by Crippen LogP contribution is -2.55. The van der Waals surface area contributed by atoms with Crippen LogP contribution in [0.3, 0.4) is 0 Å². The van der Waals surface area contributed by atoms with Gasteiger partial charge in [0.05, 0.1) is 69.0 Å². The summed E-state index contributed by atoms with van der Waals surface area (Å²) >= 11 is 0. The average molecular weight is 2160 g/mol. The second-order valence-corrected chi connectivity index (χ2v) is 41.2. The van der Waals surface area contributed by atoms with Crippen molar-refractivity contribution in [2.75, 3.05) is 99.2 Å². The Labute approximate surface area is 816 Å². The van der Waals surface area contributed by atoms with E-state index in [-0.39, 0.29) is 145 Å². The lowest BCUT2D eigenvalue weighted by Gasteiger charge is -2.31. The molecule has 0 saturated carbocycles. The van der Waals surface area contributed by atoms with Crippen molar-refractivity contribution in [2.24, 2.45) is 11.3 Å². The first-order chi connectivity index (χ1) is 65.7. The number of piperidine rings is 6. The van der Waals surface area contributed by atoms with Gasteiger partial charge in [-0.3, -0.25) is 106 Å². The second kappa shape index (κ2) is 49.2. The summed E-state index contributed by atoms with van der Waals surface area (Å²) in [5.74, 6) is -4.24. The minimum atomic E-state index is -4.83. The van der Waals surface area contributed by atoms with Crippen molar-refractivity contribution in [1.82, 2.24) is 107 Å². The van der Waals surface area contributed by atoms with Crippen molar-refractivity contribution in [1.29, 1.82) is 0 Å². The van der Waals surface area contributed by atoms with Gasteiger partial charge in [-0.05, 0) is 118 Å². The minimum Gasteiger partial charge on any atom is -0.347 e. The zero-order valence-electron chi connectivity index (χ0n) is 79.0. The first kappa shape index (κ1) is 118. The van der Waals surface area contributed by atoms with E-state index in [0.29, 0.717) is 114 Å². The van der Waals surface area contributed by atoms with Gasteiger partial charge in [0, 0.05) is 83.5 Å². The molecule has 0 aromatic heterocycles. The van der Waals surface area contributed by atoms with Crippen molar-refractivity contribution in [3.05, 3.63) is 0 Å². The number of hydrogen-bond acceptors (Lipinski definition) is 37. The van der Waals surface area contributed by atoms with Crippen LogP contribution in [-0.4, -0.2) is 431 Å². The van der Waals surface area contributed by atoms with E-state index >= 15 is 0 Å². The van der Waals surface area contributed by atoms with Gasteiger partial charge >= 0.3 is 98.6 Å². The molecule has 12 fully saturated rings. The summed E-state index contributed by atoms with van der Waals surface area (Å²) in [5, 5.41) is 15.7. The average Bonchev–Trinajstić information content (AvgIpc) is 1.66. The van der Waals surface area contributed by atoms with Crippen LogP contribution >= 0.6 is 0 Å². The zero-order valence-corrected chi connectivity index (χ0v) is 83.9. The predicted molar refractivity (Wildman–Crippen MR) is 472 cm³/mol. The normalized spacial score (nSPS) is 24.0. The van der Waals surface area contributed by atoms with Gasteiger partial charge in [0.1, 0.15) is 36.3 Å². The zero-order chi connectivity index (χ0) is 107. The van der Waals surface area contributed by atoms with Gasteiger partial charge < -0.3 is 55.6 Å². The van der Waals surface area contributed by atoms with Gasteiger partial charge in [-0.15, -0.1) is 25.7 Å². The van der Waals surface area contributed by atoms with Crippen LogP contribution in [0.15, 0.2) is 0 Å². The highest BCUT2D eigenvalue weighted by atomic mass is 32.3. The van der Waals surface area contributed by atoms with Crippen LogP contribution in [0.5, 0.6) is 0 Å². The molecule has 12 N–H and O–H groups in total. The third-order valence-electron chi connectivity index (χ3n) is 23.7. The second-order valence-electron chi connectivity index (χ2n) is 35.2. The first-order valence-electron chi connectivity index (χ1n) is 44.3. The fourth-order valence-corrected chi connectivity index (χ4v) is 18.9. The van der Waals surface area contributed by atoms with E-state index in [4.69, 9.17) is 27.3 Å². The van der Waals surface area contributed by atoms with E-state index in [2.05, 4.69) is 57.8 Å². The highest BCUT2D eigenvalue weighted by Gasteiger charge is 2.56. The molecule has 0 aromatic carbocycles. The Kier molecular flexibility index (Phi) is 41.0. The molecule has 12 aliphatic rings. The van der Waals surface area contributed by atoms with E-state index in [9.17, 15) is 137 Å². The van der Waals surface area contributed by atoms with Crippen molar-refractivity contribution >= 4 is 169 Å². The minimum absolute atomic E-state index is 0.0939. The van der Waals surface area contributed by atoms with E-state index in [1.807, 2.05) is 13.8 Å². The van der Waals surface area contributed by atoms with Gasteiger partial charge in [-0.25, -0.2) is 28.8 Å². The fourth-order valence-electron chi connectivity index (χ4n) is 16.6. The fraction of sp³-hybridized carbons (Fsp3) is 0.753. The summed E-state index contributed by atoms with van der Waals surface area (Å²) in [5.41, 5.74) is 4.32. The molecule has 0 spiro atoms. The number of hydroxylamine groups is 12. The van der Waals surface area contributed by atoms with E-state index in [1.165, 1.54) is 36.4 Å². The molecule has 0 aliphatic carbocycles. The number of carbonyl (C=O) groups is 18. The molecule has 12 rings (SSSR count). The van der Waals surface area contributed by atoms with Crippen LogP contribution in [0.4, 0.5) is 28.8 Å². The smallest absolute Gasteiger partial charge is 0.347 e. The molecule has 0 aromatic rings. The molecular formula is C73H119N21O42S6. The Morgan fingerprint density at radius 1 is 0.366 bits per heavy atom. The van der Waals surface area contributed by atoms with Gasteiger partial charge in [-0.1, -0.05) is 48.5 Å². The van der Waals surface area contributed by atoms with Crippen molar-refractivity contribution in [2.45, 2.75) is 244 Å². The van der Waals surface area contributed by atoms with Crippen molar-refractivity contribution in [3.63, 3.8) is 0 Å². The standard InChI is InChI=1S/2C13H21N3O7S.2C12H20N4O7S.C12H19N3O7S.C11H18N4O7S/c1-13(2,3)10(17)6-14-11(18)9-5-4-8-7-15(9)12(19)16(8)23-24(20,21)22;1-3-8(2)11(17)6-14-12(18)10-5-4-9-7-15(10)13(19)16(9)23-24(20,21)22;1-14(2)7-9(17)5-13-11(18)10-4-3-8-6-15(10)12(19)16(8)23-24(20,21)22;1-3-10(17)15(4-2)13-11(18)9-6-5-8-7-14(9)12(19)16(8)23-24(20,21)22;1-2-3-9(16)6-13-11(17)10-5-4-8-7-14(10)12(18)15(8)22-23(19,20)21;1-3-14(7(2)16)12-10(17)9-5-4-8-6-13(9)11(18)15(8)22-23(19,20)21/h8-9H,4-7H2,1-3H3,(H,14,18)(H,20,21,22);8-10H,3-7H2,1-2H3,(H,14,18)(H,20,21,22);8,10H,3-7H2,1-2H3,(H,13,18)(H,20,21,22);8-9H,3-7H2,1-2H3,(H,13,18)(H,20,21,22);8,10H,2-7H2,1H3,(H,13,17)(H,19,20,21);8-9H,3-6H2,1-2H3,(H,12,17)(H,19,20,21)/t8-,9+;8?,9-,10+;8-,10+;8-,9+;8-,10+;8-,9+/m111111/s1.